The summed E-state index contributed by atoms with van der Waals surface area (Å²) >= 11 is 0. The van der Waals surface area contributed by atoms with E-state index in [0.717, 1.165) is 11.4 Å². The second kappa shape index (κ2) is 8.56. The molecule has 2 aliphatic heterocycles. The van der Waals surface area contributed by atoms with Crippen LogP contribution in [0.3, 0.4) is 0 Å². The Hall–Kier alpha value is -3.01. The largest absolute Gasteiger partial charge is 0.378 e. The molecule has 1 aromatic carbocycles. The van der Waals surface area contributed by atoms with Gasteiger partial charge in [-0.15, -0.1) is 5.10 Å². The zero-order valence-electron chi connectivity index (χ0n) is 16.0. The van der Waals surface area contributed by atoms with Crippen LogP contribution in [0.25, 0.3) is 0 Å². The van der Waals surface area contributed by atoms with Gasteiger partial charge in [-0.2, -0.15) is 0 Å². The number of nitrogens with zero attached hydrogens (tertiary/aromatic N) is 5. The van der Waals surface area contributed by atoms with E-state index in [4.69, 9.17) is 4.74 Å². The molecule has 3 heterocycles. The van der Waals surface area contributed by atoms with E-state index in [0.29, 0.717) is 58.8 Å². The minimum atomic E-state index is -0.480. The van der Waals surface area contributed by atoms with Gasteiger partial charge in [-0.05, 0) is 12.1 Å². The van der Waals surface area contributed by atoms with Crippen molar-refractivity contribution in [2.24, 2.45) is 0 Å². The van der Waals surface area contributed by atoms with Crippen molar-refractivity contribution in [1.82, 2.24) is 24.8 Å². The molecule has 0 aliphatic carbocycles. The van der Waals surface area contributed by atoms with Crippen molar-refractivity contribution in [2.75, 3.05) is 38.2 Å². The smallest absolute Gasteiger partial charge is 0.322 e. The van der Waals surface area contributed by atoms with Gasteiger partial charge in [-0.25, -0.2) is 13.9 Å². The molecular formula is C19H23FN6O3. The number of aryl methyl sites for hydroxylation is 1. The highest BCUT2D eigenvalue weighted by molar-refractivity contribution is 5.89. The summed E-state index contributed by atoms with van der Waals surface area (Å²) < 4.78 is 20.8. The van der Waals surface area contributed by atoms with Crippen molar-refractivity contribution in [3.63, 3.8) is 0 Å². The van der Waals surface area contributed by atoms with Crippen LogP contribution in [-0.2, 0) is 29.0 Å². The summed E-state index contributed by atoms with van der Waals surface area (Å²) in [5.74, 6) is -0.410. The molecule has 1 saturated heterocycles. The Morgan fingerprint density at radius 3 is 2.69 bits per heavy atom. The van der Waals surface area contributed by atoms with Crippen LogP contribution in [0.15, 0.2) is 24.3 Å². The number of rotatable bonds is 4. The fourth-order valence-corrected chi connectivity index (χ4v) is 3.52. The summed E-state index contributed by atoms with van der Waals surface area (Å²) in [7, 11) is 0. The first kappa shape index (κ1) is 19.3. The van der Waals surface area contributed by atoms with E-state index in [1.165, 1.54) is 12.1 Å². The van der Waals surface area contributed by atoms with Crippen LogP contribution in [0.1, 0.15) is 17.8 Å². The fourth-order valence-electron chi connectivity index (χ4n) is 3.52. The number of fused-ring (bicyclic) bond motifs is 1. The van der Waals surface area contributed by atoms with Gasteiger partial charge < -0.3 is 19.9 Å². The van der Waals surface area contributed by atoms with Crippen LogP contribution in [0.5, 0.6) is 0 Å². The van der Waals surface area contributed by atoms with Gasteiger partial charge in [-0.1, -0.05) is 17.3 Å². The summed E-state index contributed by atoms with van der Waals surface area (Å²) in [6, 6.07) is 5.68. The Balaban J connectivity index is 1.37. The SMILES string of the molecule is O=C(CCc1nnn2c1CN(C(=O)Nc1ccccc1F)CC2)N1CCOCC1. The number of carbonyl (C=O) groups excluding carboxylic acids is 2. The highest BCUT2D eigenvalue weighted by Gasteiger charge is 2.26. The van der Waals surface area contributed by atoms with E-state index in [9.17, 15) is 14.0 Å². The van der Waals surface area contributed by atoms with Crippen LogP contribution < -0.4 is 5.32 Å². The van der Waals surface area contributed by atoms with Gasteiger partial charge in [0.05, 0.1) is 43.4 Å². The molecule has 0 radical (unpaired) electrons. The van der Waals surface area contributed by atoms with Crippen molar-refractivity contribution in [1.29, 1.82) is 0 Å². The first-order valence-corrected chi connectivity index (χ1v) is 9.69. The van der Waals surface area contributed by atoms with Crippen molar-refractivity contribution >= 4 is 17.6 Å². The summed E-state index contributed by atoms with van der Waals surface area (Å²) in [5, 5.41) is 11.0. The average molecular weight is 402 g/mol. The van der Waals surface area contributed by atoms with Crippen LogP contribution >= 0.6 is 0 Å². The first-order chi connectivity index (χ1) is 14.1. The molecule has 2 aliphatic rings. The van der Waals surface area contributed by atoms with E-state index >= 15 is 0 Å². The van der Waals surface area contributed by atoms with Crippen molar-refractivity contribution < 1.29 is 18.7 Å². The molecule has 0 saturated carbocycles. The molecule has 9 nitrogen and oxygen atoms in total. The van der Waals surface area contributed by atoms with Gasteiger partial charge in [0.1, 0.15) is 5.82 Å². The standard InChI is InChI=1S/C19H23FN6O3/c20-14-3-1-2-4-15(14)21-19(28)25-7-8-26-17(13-25)16(22-23-26)5-6-18(27)24-9-11-29-12-10-24/h1-4H,5-13H2,(H,21,28). The predicted octanol–water partition coefficient (Wildman–Crippen LogP) is 1.26. The van der Waals surface area contributed by atoms with E-state index in [1.54, 1.807) is 26.6 Å². The lowest BCUT2D eigenvalue weighted by atomic mass is 10.1. The minimum absolute atomic E-state index is 0.0695. The Labute approximate surface area is 167 Å². The molecular weight excluding hydrogens is 379 g/mol. The van der Waals surface area contributed by atoms with Crippen LogP contribution in [0.2, 0.25) is 0 Å². The Morgan fingerprint density at radius 2 is 1.90 bits per heavy atom. The number of hydrogen-bond donors (Lipinski definition) is 1. The molecule has 154 valence electrons. The Morgan fingerprint density at radius 1 is 1.10 bits per heavy atom. The maximum atomic E-state index is 13.8. The third-order valence-corrected chi connectivity index (χ3v) is 5.18. The number of para-hydroxylation sites is 1. The zero-order chi connectivity index (χ0) is 20.2. The van der Waals surface area contributed by atoms with E-state index in [1.807, 2.05) is 0 Å². The number of aromatic nitrogens is 3. The van der Waals surface area contributed by atoms with Crippen LogP contribution in [0.4, 0.5) is 14.9 Å². The van der Waals surface area contributed by atoms with E-state index < -0.39 is 5.82 Å². The number of benzene rings is 1. The maximum Gasteiger partial charge on any atom is 0.322 e. The highest BCUT2D eigenvalue weighted by Crippen LogP contribution is 2.19. The van der Waals surface area contributed by atoms with Gasteiger partial charge in [0.25, 0.3) is 0 Å². The monoisotopic (exact) mass is 402 g/mol. The summed E-state index contributed by atoms with van der Waals surface area (Å²) in [6.07, 6.45) is 0.807. The topological polar surface area (TPSA) is 92.6 Å². The van der Waals surface area contributed by atoms with E-state index in [2.05, 4.69) is 15.6 Å². The number of nitrogens with one attached hydrogen (secondary N) is 1. The lowest BCUT2D eigenvalue weighted by Crippen LogP contribution is -2.41. The Bertz CT molecular complexity index is 896. The summed E-state index contributed by atoms with van der Waals surface area (Å²) in [4.78, 5) is 28.3. The molecule has 1 aromatic heterocycles. The molecule has 29 heavy (non-hydrogen) atoms. The number of morpholine rings is 1. The van der Waals surface area contributed by atoms with Crippen LogP contribution in [-0.4, -0.2) is 69.6 Å². The normalized spacial score (nSPS) is 16.4. The van der Waals surface area contributed by atoms with Crippen LogP contribution in [0, 0.1) is 5.82 Å². The number of urea groups is 1. The quantitative estimate of drug-likeness (QED) is 0.831. The van der Waals surface area contributed by atoms with Gasteiger partial charge in [-0.3, -0.25) is 4.79 Å². The number of amides is 3. The molecule has 0 bridgehead atoms. The molecule has 10 heteroatoms. The molecule has 4 rings (SSSR count). The van der Waals surface area contributed by atoms with E-state index in [-0.39, 0.29) is 17.6 Å². The third kappa shape index (κ3) is 4.37. The van der Waals surface area contributed by atoms with Gasteiger partial charge in [0, 0.05) is 32.5 Å². The fraction of sp³-hybridized carbons (Fsp3) is 0.474. The molecule has 1 fully saturated rings. The summed E-state index contributed by atoms with van der Waals surface area (Å²) in [5.41, 5.74) is 1.68. The number of hydrogen-bond acceptors (Lipinski definition) is 5. The molecule has 0 unspecified atom stereocenters. The first-order valence-electron chi connectivity index (χ1n) is 9.69. The van der Waals surface area contributed by atoms with Gasteiger partial charge >= 0.3 is 6.03 Å². The Kier molecular flexibility index (Phi) is 5.70. The summed E-state index contributed by atoms with van der Waals surface area (Å²) in [6.45, 7) is 3.63. The predicted molar refractivity (Wildman–Crippen MR) is 102 cm³/mol. The second-order valence-corrected chi connectivity index (χ2v) is 7.03. The highest BCUT2D eigenvalue weighted by atomic mass is 19.1. The lowest BCUT2D eigenvalue weighted by Gasteiger charge is -2.28. The molecule has 0 spiro atoms. The third-order valence-electron chi connectivity index (χ3n) is 5.18. The van der Waals surface area contributed by atoms with Gasteiger partial charge in [0.2, 0.25) is 5.91 Å². The van der Waals surface area contributed by atoms with Crippen molar-refractivity contribution in [3.8, 4) is 0 Å². The molecule has 3 amide bonds. The average Bonchev–Trinajstić information content (AvgIpc) is 3.16. The van der Waals surface area contributed by atoms with Gasteiger partial charge in [0.15, 0.2) is 0 Å². The van der Waals surface area contributed by atoms with Crippen molar-refractivity contribution in [2.45, 2.75) is 25.9 Å². The minimum Gasteiger partial charge on any atom is -0.378 e. The molecule has 1 N–H and O–H groups in total. The zero-order valence-corrected chi connectivity index (χ0v) is 16.0. The van der Waals surface area contributed by atoms with Crippen molar-refractivity contribution in [3.05, 3.63) is 41.5 Å². The molecule has 2 aromatic rings. The number of ether oxygens (including phenoxy) is 1. The lowest BCUT2D eigenvalue weighted by molar-refractivity contribution is -0.135. The maximum absolute atomic E-state index is 13.8. The molecule has 0 atom stereocenters. The number of halogens is 1. The number of carbonyl (C=O) groups is 2. The second-order valence-electron chi connectivity index (χ2n) is 7.03. The number of anilines is 1.